The number of anilines is 3. The van der Waals surface area contributed by atoms with Gasteiger partial charge in [-0.2, -0.15) is 0 Å². The van der Waals surface area contributed by atoms with E-state index >= 15 is 0 Å². The third-order valence-corrected chi connectivity index (χ3v) is 6.41. The lowest BCUT2D eigenvalue weighted by Crippen LogP contribution is -2.25. The van der Waals surface area contributed by atoms with Crippen LogP contribution in [-0.2, 0) is 10.0 Å². The van der Waals surface area contributed by atoms with E-state index in [-0.39, 0.29) is 10.9 Å². The molecule has 0 amide bonds. The number of pyridine rings is 1. The van der Waals surface area contributed by atoms with Crippen molar-refractivity contribution in [3.63, 3.8) is 0 Å². The van der Waals surface area contributed by atoms with Gasteiger partial charge in [0.2, 0.25) is 10.0 Å². The van der Waals surface area contributed by atoms with Gasteiger partial charge in [0.1, 0.15) is 22.5 Å². The van der Waals surface area contributed by atoms with Gasteiger partial charge in [-0.1, -0.05) is 23.7 Å². The number of sulfonamides is 1. The van der Waals surface area contributed by atoms with Gasteiger partial charge >= 0.3 is 0 Å². The highest BCUT2D eigenvalue weighted by Gasteiger charge is 2.24. The maximum Gasteiger partial charge on any atom is 0.240 e. The van der Waals surface area contributed by atoms with Crippen molar-refractivity contribution in [2.24, 2.45) is 5.92 Å². The third kappa shape index (κ3) is 5.93. The maximum absolute atomic E-state index is 12.6. The van der Waals surface area contributed by atoms with Crippen LogP contribution in [0.3, 0.4) is 0 Å². The molecule has 1 fully saturated rings. The molecule has 4 rings (SSSR count). The van der Waals surface area contributed by atoms with Gasteiger partial charge in [-0.15, -0.1) is 0 Å². The van der Waals surface area contributed by atoms with Crippen LogP contribution in [0.5, 0.6) is 0 Å². The molecule has 1 aliphatic rings. The van der Waals surface area contributed by atoms with E-state index in [0.717, 1.165) is 12.8 Å². The minimum absolute atomic E-state index is 0.156. The van der Waals surface area contributed by atoms with Gasteiger partial charge in [0.15, 0.2) is 5.82 Å². The van der Waals surface area contributed by atoms with Crippen LogP contribution in [0.25, 0.3) is 11.5 Å². The quantitative estimate of drug-likeness (QED) is 0.395. The number of benzene rings is 1. The lowest BCUT2D eigenvalue weighted by Gasteiger charge is -2.14. The fourth-order valence-corrected chi connectivity index (χ4v) is 4.38. The second kappa shape index (κ2) is 9.40. The Morgan fingerprint density at radius 1 is 1.03 bits per heavy atom. The van der Waals surface area contributed by atoms with Crippen molar-refractivity contribution >= 4 is 38.9 Å². The summed E-state index contributed by atoms with van der Waals surface area (Å²) in [6.45, 7) is 4.50. The normalized spacial score (nSPS) is 13.9. The zero-order valence-corrected chi connectivity index (χ0v) is 19.4. The fourth-order valence-electron chi connectivity index (χ4n) is 3.05. The molecule has 0 atom stereocenters. The Labute approximate surface area is 192 Å². The average molecular weight is 473 g/mol. The van der Waals surface area contributed by atoms with Crippen LogP contribution in [0, 0.1) is 5.92 Å². The monoisotopic (exact) mass is 472 g/mol. The molecule has 0 saturated heterocycles. The molecule has 2 heterocycles. The molecule has 0 unspecified atom stereocenters. The van der Waals surface area contributed by atoms with Crippen molar-refractivity contribution in [3.05, 3.63) is 53.7 Å². The van der Waals surface area contributed by atoms with Crippen molar-refractivity contribution in [1.29, 1.82) is 0 Å². The zero-order valence-electron chi connectivity index (χ0n) is 17.8. The van der Waals surface area contributed by atoms with Gasteiger partial charge < -0.3 is 10.6 Å². The Morgan fingerprint density at radius 3 is 2.50 bits per heavy atom. The summed E-state index contributed by atoms with van der Waals surface area (Å²) in [5.74, 6) is 1.97. The summed E-state index contributed by atoms with van der Waals surface area (Å²) >= 11 is 6.04. The number of hydrogen-bond acceptors (Lipinski definition) is 7. The zero-order chi connectivity index (χ0) is 22.7. The van der Waals surface area contributed by atoms with E-state index < -0.39 is 10.0 Å². The minimum atomic E-state index is -3.57. The van der Waals surface area contributed by atoms with Gasteiger partial charge in [-0.3, -0.25) is 0 Å². The summed E-state index contributed by atoms with van der Waals surface area (Å²) in [7, 11) is -3.57. The summed E-state index contributed by atoms with van der Waals surface area (Å²) < 4.78 is 27.9. The predicted octanol–water partition coefficient (Wildman–Crippen LogP) is 4.44. The van der Waals surface area contributed by atoms with Crippen LogP contribution in [0.15, 0.2) is 53.4 Å². The van der Waals surface area contributed by atoms with Crippen molar-refractivity contribution in [3.8, 4) is 11.5 Å². The maximum atomic E-state index is 12.6. The van der Waals surface area contributed by atoms with E-state index in [1.165, 1.54) is 0 Å². The van der Waals surface area contributed by atoms with E-state index in [1.807, 2.05) is 13.8 Å². The van der Waals surface area contributed by atoms with Crippen LogP contribution < -0.4 is 15.4 Å². The lowest BCUT2D eigenvalue weighted by atomic mass is 10.3. The Bertz CT molecular complexity index is 1210. The highest BCUT2D eigenvalue weighted by Crippen LogP contribution is 2.28. The molecular weight excluding hydrogens is 448 g/mol. The molecule has 0 bridgehead atoms. The van der Waals surface area contributed by atoms with E-state index in [2.05, 4.69) is 30.3 Å². The van der Waals surface area contributed by atoms with Crippen LogP contribution in [0.2, 0.25) is 5.15 Å². The summed E-state index contributed by atoms with van der Waals surface area (Å²) in [4.78, 5) is 13.6. The van der Waals surface area contributed by atoms with Gasteiger partial charge in [0.25, 0.3) is 0 Å². The molecule has 168 valence electrons. The lowest BCUT2D eigenvalue weighted by molar-refractivity contribution is 0.577. The number of hydrogen-bond donors (Lipinski definition) is 3. The van der Waals surface area contributed by atoms with E-state index in [1.54, 1.807) is 48.5 Å². The SMILES string of the molecule is CC(C)Nc1cc(Nc2cccc(S(=O)(=O)NCC3CC3)c2)nc(-c2cccc(Cl)n2)n1. The van der Waals surface area contributed by atoms with Gasteiger partial charge in [-0.05, 0) is 62.9 Å². The highest BCUT2D eigenvalue weighted by molar-refractivity contribution is 7.89. The topological polar surface area (TPSA) is 109 Å². The summed E-state index contributed by atoms with van der Waals surface area (Å²) in [5.41, 5.74) is 1.13. The summed E-state index contributed by atoms with van der Waals surface area (Å²) in [6, 6.07) is 13.8. The number of nitrogens with zero attached hydrogens (tertiary/aromatic N) is 3. The first-order valence-electron chi connectivity index (χ1n) is 10.4. The molecule has 0 radical (unpaired) electrons. The molecular formula is C22H25ClN6O2S. The Hall–Kier alpha value is -2.75. The molecule has 10 heteroatoms. The van der Waals surface area contributed by atoms with E-state index in [4.69, 9.17) is 11.6 Å². The third-order valence-electron chi connectivity index (χ3n) is 4.78. The summed E-state index contributed by atoms with van der Waals surface area (Å²) in [6.07, 6.45) is 2.16. The molecule has 1 aromatic carbocycles. The highest BCUT2D eigenvalue weighted by atomic mass is 35.5. The first-order chi connectivity index (χ1) is 15.3. The second-order valence-electron chi connectivity index (χ2n) is 8.05. The van der Waals surface area contributed by atoms with Crippen molar-refractivity contribution in [2.45, 2.75) is 37.6 Å². The molecule has 1 saturated carbocycles. The number of nitrogens with one attached hydrogen (secondary N) is 3. The van der Waals surface area contributed by atoms with Gasteiger partial charge in [0.05, 0.1) is 4.90 Å². The molecule has 0 spiro atoms. The van der Waals surface area contributed by atoms with Crippen LogP contribution in [-0.4, -0.2) is 36.0 Å². The molecule has 8 nitrogen and oxygen atoms in total. The average Bonchev–Trinajstić information content (AvgIpc) is 3.57. The molecule has 2 aromatic heterocycles. The van der Waals surface area contributed by atoms with Crippen LogP contribution in [0.1, 0.15) is 26.7 Å². The Kier molecular flexibility index (Phi) is 6.59. The number of halogens is 1. The standard InChI is InChI=1S/C22H25ClN6O2S/c1-14(2)25-20-12-21(29-22(28-20)18-7-4-8-19(23)27-18)26-16-5-3-6-17(11-16)32(30,31)24-13-15-9-10-15/h3-8,11-12,14-15,24H,9-10,13H2,1-2H3,(H2,25,26,28,29). The van der Waals surface area contributed by atoms with Gasteiger partial charge in [-0.25, -0.2) is 28.1 Å². The Balaban J connectivity index is 1.62. The van der Waals surface area contributed by atoms with Crippen LogP contribution >= 0.6 is 11.6 Å². The molecule has 32 heavy (non-hydrogen) atoms. The number of aromatic nitrogens is 3. The van der Waals surface area contributed by atoms with E-state index in [9.17, 15) is 8.42 Å². The number of rotatable bonds is 9. The molecule has 0 aliphatic heterocycles. The van der Waals surface area contributed by atoms with Crippen molar-refractivity contribution < 1.29 is 8.42 Å². The Morgan fingerprint density at radius 2 is 1.78 bits per heavy atom. The molecule has 3 N–H and O–H groups in total. The van der Waals surface area contributed by atoms with Crippen molar-refractivity contribution in [2.75, 3.05) is 17.2 Å². The predicted molar refractivity (Wildman–Crippen MR) is 127 cm³/mol. The van der Waals surface area contributed by atoms with E-state index in [0.29, 0.717) is 46.5 Å². The first-order valence-corrected chi connectivity index (χ1v) is 12.3. The fraction of sp³-hybridized carbons (Fsp3) is 0.318. The molecule has 3 aromatic rings. The first kappa shape index (κ1) is 22.4. The van der Waals surface area contributed by atoms with Crippen LogP contribution in [0.4, 0.5) is 17.3 Å². The van der Waals surface area contributed by atoms with Crippen molar-refractivity contribution in [1.82, 2.24) is 19.7 Å². The second-order valence-corrected chi connectivity index (χ2v) is 10.2. The van der Waals surface area contributed by atoms with Gasteiger partial charge in [0, 0.05) is 24.3 Å². The minimum Gasteiger partial charge on any atom is -0.368 e. The molecule has 1 aliphatic carbocycles. The smallest absolute Gasteiger partial charge is 0.240 e. The largest absolute Gasteiger partial charge is 0.368 e. The summed E-state index contributed by atoms with van der Waals surface area (Å²) in [5, 5.41) is 6.80.